The maximum Gasteiger partial charge on any atom is 0.239 e. The van der Waals surface area contributed by atoms with Crippen LogP contribution in [0.2, 0.25) is 0 Å². The van der Waals surface area contributed by atoms with Crippen LogP contribution in [0, 0.1) is 0 Å². The van der Waals surface area contributed by atoms with Crippen molar-refractivity contribution >= 4 is 5.91 Å². The minimum atomic E-state index is -0.385. The zero-order chi connectivity index (χ0) is 15.5. The molecule has 22 heavy (non-hydrogen) atoms. The van der Waals surface area contributed by atoms with Crippen molar-refractivity contribution in [3.63, 3.8) is 0 Å². The molecule has 0 radical (unpaired) electrons. The van der Waals surface area contributed by atoms with Crippen LogP contribution in [-0.4, -0.2) is 46.9 Å². The van der Waals surface area contributed by atoms with Crippen LogP contribution in [0.1, 0.15) is 38.2 Å². The van der Waals surface area contributed by atoms with Gasteiger partial charge in [0, 0.05) is 25.2 Å². The highest BCUT2D eigenvalue weighted by molar-refractivity contribution is 5.81. The number of amides is 1. The van der Waals surface area contributed by atoms with E-state index in [0.29, 0.717) is 12.1 Å². The molecule has 1 saturated carbocycles. The van der Waals surface area contributed by atoms with Gasteiger partial charge >= 0.3 is 0 Å². The lowest BCUT2D eigenvalue weighted by molar-refractivity contribution is -0.133. The van der Waals surface area contributed by atoms with Gasteiger partial charge in [-0.3, -0.25) is 9.69 Å². The summed E-state index contributed by atoms with van der Waals surface area (Å²) in [6.45, 7) is 4.76. The number of nitrogens with two attached hydrogens (primary N) is 1. The van der Waals surface area contributed by atoms with E-state index >= 15 is 0 Å². The monoisotopic (exact) mass is 301 g/mol. The number of rotatable bonds is 6. The summed E-state index contributed by atoms with van der Waals surface area (Å²) in [6, 6.07) is 11.1. The molecule has 0 spiro atoms. The van der Waals surface area contributed by atoms with Crippen molar-refractivity contribution in [3.05, 3.63) is 35.9 Å². The van der Waals surface area contributed by atoms with Crippen LogP contribution in [0.5, 0.6) is 0 Å². The summed E-state index contributed by atoms with van der Waals surface area (Å²) < 4.78 is 0. The summed E-state index contributed by atoms with van der Waals surface area (Å²) >= 11 is 0. The highest BCUT2D eigenvalue weighted by Gasteiger charge is 2.37. The molecule has 0 bridgehead atoms. The van der Waals surface area contributed by atoms with Crippen molar-refractivity contribution in [1.29, 1.82) is 0 Å². The summed E-state index contributed by atoms with van der Waals surface area (Å²) in [5.74, 6) is 0.120. The van der Waals surface area contributed by atoms with Crippen LogP contribution in [0.4, 0.5) is 0 Å². The number of carbonyl (C=O) groups excluding carboxylic acids is 1. The van der Waals surface area contributed by atoms with Crippen LogP contribution in [0.3, 0.4) is 0 Å². The molecule has 2 N–H and O–H groups in total. The SMILES string of the molecule is CC(N)C(=O)N(CC1CCCN1Cc1ccccc1)C1CC1. The van der Waals surface area contributed by atoms with E-state index in [0.717, 1.165) is 32.5 Å². The largest absolute Gasteiger partial charge is 0.337 e. The molecule has 1 aliphatic carbocycles. The number of likely N-dealkylation sites (tertiary alicyclic amines) is 1. The third kappa shape index (κ3) is 3.68. The Kier molecular flexibility index (Phi) is 4.79. The topological polar surface area (TPSA) is 49.6 Å². The Morgan fingerprint density at radius 2 is 2.05 bits per heavy atom. The predicted octanol–water partition coefficient (Wildman–Crippen LogP) is 1.99. The molecule has 0 aromatic heterocycles. The van der Waals surface area contributed by atoms with E-state index in [2.05, 4.69) is 40.1 Å². The molecule has 1 saturated heterocycles. The van der Waals surface area contributed by atoms with E-state index in [1.807, 2.05) is 0 Å². The minimum absolute atomic E-state index is 0.120. The molecule has 2 unspecified atom stereocenters. The van der Waals surface area contributed by atoms with E-state index in [1.54, 1.807) is 6.92 Å². The van der Waals surface area contributed by atoms with Gasteiger partial charge in [0.2, 0.25) is 5.91 Å². The zero-order valence-electron chi connectivity index (χ0n) is 13.4. The molecule has 2 aliphatic rings. The molecule has 1 aliphatic heterocycles. The van der Waals surface area contributed by atoms with Gasteiger partial charge in [0.1, 0.15) is 0 Å². The predicted molar refractivity (Wildman–Crippen MR) is 88.3 cm³/mol. The van der Waals surface area contributed by atoms with Crippen LogP contribution < -0.4 is 5.73 Å². The van der Waals surface area contributed by atoms with E-state index in [-0.39, 0.29) is 11.9 Å². The summed E-state index contributed by atoms with van der Waals surface area (Å²) in [7, 11) is 0. The average Bonchev–Trinajstić information content (AvgIpc) is 3.27. The van der Waals surface area contributed by atoms with E-state index in [1.165, 1.54) is 18.4 Å². The number of benzene rings is 1. The second-order valence-corrected chi connectivity index (χ2v) is 6.76. The average molecular weight is 301 g/mol. The lowest BCUT2D eigenvalue weighted by Crippen LogP contribution is -2.49. The Balaban J connectivity index is 1.63. The van der Waals surface area contributed by atoms with Gasteiger partial charge in [-0.15, -0.1) is 0 Å². The fraction of sp³-hybridized carbons (Fsp3) is 0.611. The smallest absolute Gasteiger partial charge is 0.239 e. The highest BCUT2D eigenvalue weighted by Crippen LogP contribution is 2.30. The van der Waals surface area contributed by atoms with Gasteiger partial charge in [-0.05, 0) is 44.7 Å². The first kappa shape index (κ1) is 15.5. The molecule has 1 aromatic carbocycles. The van der Waals surface area contributed by atoms with Gasteiger partial charge < -0.3 is 10.6 Å². The maximum absolute atomic E-state index is 12.4. The van der Waals surface area contributed by atoms with Gasteiger partial charge in [0.25, 0.3) is 0 Å². The Hall–Kier alpha value is -1.39. The summed E-state index contributed by atoms with van der Waals surface area (Å²) in [5, 5.41) is 0. The van der Waals surface area contributed by atoms with Crippen molar-refractivity contribution in [2.75, 3.05) is 13.1 Å². The van der Waals surface area contributed by atoms with Crippen LogP contribution in [0.25, 0.3) is 0 Å². The minimum Gasteiger partial charge on any atom is -0.337 e. The summed E-state index contributed by atoms with van der Waals surface area (Å²) in [6.07, 6.45) is 4.69. The van der Waals surface area contributed by atoms with Gasteiger partial charge in [-0.2, -0.15) is 0 Å². The third-order valence-corrected chi connectivity index (χ3v) is 4.80. The summed E-state index contributed by atoms with van der Waals surface area (Å²) in [4.78, 5) is 16.9. The molecular formula is C18H27N3O. The molecule has 1 aromatic rings. The van der Waals surface area contributed by atoms with Crippen LogP contribution in [0.15, 0.2) is 30.3 Å². The lowest BCUT2D eigenvalue weighted by atomic mass is 10.1. The molecule has 2 atom stereocenters. The Morgan fingerprint density at radius 3 is 2.68 bits per heavy atom. The number of carbonyl (C=O) groups is 1. The normalized spacial score (nSPS) is 23.5. The number of nitrogens with zero attached hydrogens (tertiary/aromatic N) is 2. The Morgan fingerprint density at radius 1 is 1.32 bits per heavy atom. The van der Waals surface area contributed by atoms with Crippen molar-refractivity contribution in [1.82, 2.24) is 9.80 Å². The molecular weight excluding hydrogens is 274 g/mol. The first-order chi connectivity index (χ1) is 10.6. The first-order valence-electron chi connectivity index (χ1n) is 8.49. The zero-order valence-corrected chi connectivity index (χ0v) is 13.4. The van der Waals surface area contributed by atoms with Crippen molar-refractivity contribution < 1.29 is 4.79 Å². The quantitative estimate of drug-likeness (QED) is 0.874. The molecule has 3 rings (SSSR count). The molecule has 4 nitrogen and oxygen atoms in total. The molecule has 2 fully saturated rings. The molecule has 1 amide bonds. The van der Waals surface area contributed by atoms with Gasteiger partial charge in [-0.1, -0.05) is 30.3 Å². The second-order valence-electron chi connectivity index (χ2n) is 6.76. The molecule has 1 heterocycles. The van der Waals surface area contributed by atoms with Crippen molar-refractivity contribution in [2.45, 2.75) is 57.3 Å². The van der Waals surface area contributed by atoms with E-state index in [9.17, 15) is 4.79 Å². The van der Waals surface area contributed by atoms with Crippen LogP contribution in [-0.2, 0) is 11.3 Å². The number of hydrogen-bond donors (Lipinski definition) is 1. The standard InChI is InChI=1S/C18H27N3O/c1-14(19)18(22)21(16-9-10-16)13-17-8-5-11-20(17)12-15-6-3-2-4-7-15/h2-4,6-7,14,16-17H,5,8-13,19H2,1H3. The van der Waals surface area contributed by atoms with Gasteiger partial charge in [0.05, 0.1) is 6.04 Å². The summed E-state index contributed by atoms with van der Waals surface area (Å²) in [5.41, 5.74) is 7.18. The van der Waals surface area contributed by atoms with Crippen molar-refractivity contribution in [2.24, 2.45) is 5.73 Å². The van der Waals surface area contributed by atoms with Crippen molar-refractivity contribution in [3.8, 4) is 0 Å². The van der Waals surface area contributed by atoms with E-state index in [4.69, 9.17) is 5.73 Å². The first-order valence-corrected chi connectivity index (χ1v) is 8.49. The lowest BCUT2D eigenvalue weighted by Gasteiger charge is -2.32. The number of hydrogen-bond acceptors (Lipinski definition) is 3. The highest BCUT2D eigenvalue weighted by atomic mass is 16.2. The molecule has 4 heteroatoms. The van der Waals surface area contributed by atoms with Gasteiger partial charge in [-0.25, -0.2) is 0 Å². The fourth-order valence-corrected chi connectivity index (χ4v) is 3.42. The Bertz CT molecular complexity index is 498. The van der Waals surface area contributed by atoms with Gasteiger partial charge in [0.15, 0.2) is 0 Å². The van der Waals surface area contributed by atoms with E-state index < -0.39 is 0 Å². The molecule has 120 valence electrons. The third-order valence-electron chi connectivity index (χ3n) is 4.80. The fourth-order valence-electron chi connectivity index (χ4n) is 3.42. The van der Waals surface area contributed by atoms with Crippen LogP contribution >= 0.6 is 0 Å². The second kappa shape index (κ2) is 6.80. The Labute approximate surface area is 133 Å². The maximum atomic E-state index is 12.4.